The number of aromatic nitrogens is 3. The van der Waals surface area contributed by atoms with E-state index in [0.29, 0.717) is 36.9 Å². The quantitative estimate of drug-likeness (QED) is 0.255. The van der Waals surface area contributed by atoms with E-state index in [9.17, 15) is 35.9 Å². The first kappa shape index (κ1) is 30.9. The molecule has 15 heteroatoms. The van der Waals surface area contributed by atoms with Gasteiger partial charge in [0.1, 0.15) is 13.9 Å². The van der Waals surface area contributed by atoms with E-state index in [1.807, 2.05) is 29.5 Å². The van der Waals surface area contributed by atoms with Gasteiger partial charge >= 0.3 is 6.18 Å². The summed E-state index contributed by atoms with van der Waals surface area (Å²) in [5.41, 5.74) is -0.600. The van der Waals surface area contributed by atoms with Crippen LogP contribution in [0, 0.1) is 11.7 Å². The Kier molecular flexibility index (Phi) is 8.51. The van der Waals surface area contributed by atoms with Gasteiger partial charge in [0.05, 0.1) is 29.0 Å². The van der Waals surface area contributed by atoms with Crippen LogP contribution < -0.4 is 10.1 Å². The van der Waals surface area contributed by atoms with Crippen molar-refractivity contribution in [3.05, 3.63) is 29.3 Å². The molecular formula is C25H31F4IN4O5S. The number of halogens is 5. The molecule has 2 aromatic rings. The molecule has 222 valence electrons. The number of ether oxygens (including phenoxy) is 1. The molecule has 4 rings (SSSR count). The van der Waals surface area contributed by atoms with Crippen LogP contribution >= 0.6 is 22.6 Å². The van der Waals surface area contributed by atoms with Crippen molar-refractivity contribution in [1.29, 1.82) is 0 Å². The number of rotatable bonds is 7. The molecule has 1 fully saturated rings. The van der Waals surface area contributed by atoms with Gasteiger partial charge in [-0.2, -0.15) is 18.3 Å². The van der Waals surface area contributed by atoms with E-state index in [-0.39, 0.29) is 35.1 Å². The number of hydrogen-bond acceptors (Lipinski definition) is 7. The van der Waals surface area contributed by atoms with Gasteiger partial charge < -0.3 is 15.2 Å². The third-order valence-corrected chi connectivity index (χ3v) is 11.0. The summed E-state index contributed by atoms with van der Waals surface area (Å²) in [6.07, 6.45) is -2.26. The minimum Gasteiger partial charge on any atom is -0.468 e. The van der Waals surface area contributed by atoms with Gasteiger partial charge in [0.2, 0.25) is 11.8 Å². The Labute approximate surface area is 243 Å². The fourth-order valence-corrected chi connectivity index (χ4v) is 7.10. The van der Waals surface area contributed by atoms with Gasteiger partial charge in [-0.15, -0.1) is 0 Å². The predicted octanol–water partition coefficient (Wildman–Crippen LogP) is 3.92. The fraction of sp³-hybridized carbons (Fsp3) is 0.640. The molecular weight excluding hydrogens is 671 g/mol. The highest BCUT2D eigenvalue weighted by Gasteiger charge is 2.39. The Balaban J connectivity index is 1.66. The van der Waals surface area contributed by atoms with Gasteiger partial charge in [0.25, 0.3) is 0 Å². The number of nitrogens with zero attached hydrogens (tertiary/aromatic N) is 3. The molecule has 0 radical (unpaired) electrons. The third kappa shape index (κ3) is 7.06. The summed E-state index contributed by atoms with van der Waals surface area (Å²) < 4.78 is 82.3. The average molecular weight is 703 g/mol. The Hall–Kier alpha value is -2.01. The highest BCUT2D eigenvalue weighted by atomic mass is 127. The van der Waals surface area contributed by atoms with E-state index in [0.717, 1.165) is 12.3 Å². The molecule has 0 saturated carbocycles. The topological polar surface area (TPSA) is 123 Å². The Bertz CT molecular complexity index is 1380. The summed E-state index contributed by atoms with van der Waals surface area (Å²) >= 11 is 2.00. The zero-order chi connectivity index (χ0) is 29.7. The molecule has 40 heavy (non-hydrogen) atoms. The minimum atomic E-state index is -4.60. The summed E-state index contributed by atoms with van der Waals surface area (Å²) in [5.74, 6) is -1.93. The van der Waals surface area contributed by atoms with E-state index in [2.05, 4.69) is 15.4 Å². The smallest absolute Gasteiger partial charge is 0.422 e. The van der Waals surface area contributed by atoms with E-state index in [1.165, 1.54) is 4.68 Å². The van der Waals surface area contributed by atoms with Crippen LogP contribution in [0.5, 0.6) is 5.88 Å². The first-order chi connectivity index (χ1) is 18.4. The number of carbonyl (C=O) groups excluding carboxylic acids is 1. The minimum absolute atomic E-state index is 0.00297. The number of amides is 1. The zero-order valence-corrected chi connectivity index (χ0v) is 25.2. The maximum Gasteiger partial charge on any atom is 0.422 e. The Morgan fingerprint density at radius 3 is 2.58 bits per heavy atom. The highest BCUT2D eigenvalue weighted by molar-refractivity contribution is 14.1. The van der Waals surface area contributed by atoms with Gasteiger partial charge in [-0.1, -0.05) is 22.6 Å². The van der Waals surface area contributed by atoms with Gasteiger partial charge in [0.15, 0.2) is 12.4 Å². The lowest BCUT2D eigenvalue weighted by molar-refractivity contribution is -0.154. The standard InChI is InChI=1S/C25H31F4IN4O5S/c1-23(2,36)22(30)34-18-10-14(21(35)32-24(3)6-8-40(37,38)9-7-24)4-5-15(18)20(33-34)16-11-19(31-12-17(16)26)39-13-25(27,28)29/h11-12,14,22,36H,4-10,13H2,1-3H3,(H,32,35)/t14-,22-/m1/s1. The molecule has 0 aromatic carbocycles. The number of alkyl halides is 4. The first-order valence-electron chi connectivity index (χ1n) is 12.7. The molecule has 1 amide bonds. The Morgan fingerprint density at radius 2 is 1.98 bits per heavy atom. The van der Waals surface area contributed by atoms with Crippen LogP contribution in [0.3, 0.4) is 0 Å². The predicted molar refractivity (Wildman–Crippen MR) is 146 cm³/mol. The van der Waals surface area contributed by atoms with E-state index in [4.69, 9.17) is 4.74 Å². The molecule has 2 aliphatic rings. The second-order valence-electron chi connectivity index (χ2n) is 11.3. The van der Waals surface area contributed by atoms with Crippen LogP contribution in [0.25, 0.3) is 11.3 Å². The van der Waals surface area contributed by atoms with E-state index >= 15 is 0 Å². The second-order valence-corrected chi connectivity index (χ2v) is 14.7. The molecule has 3 heterocycles. The molecule has 2 aromatic heterocycles. The maximum absolute atomic E-state index is 15.0. The van der Waals surface area contributed by atoms with Crippen molar-refractivity contribution in [2.45, 2.75) is 74.2 Å². The number of nitrogens with one attached hydrogen (secondary N) is 1. The fourth-order valence-electron chi connectivity index (χ4n) is 4.91. The number of pyridine rings is 1. The monoisotopic (exact) mass is 702 g/mol. The number of aliphatic hydroxyl groups is 1. The largest absolute Gasteiger partial charge is 0.468 e. The van der Waals surface area contributed by atoms with Gasteiger partial charge in [-0.05, 0) is 46.5 Å². The molecule has 9 nitrogen and oxygen atoms in total. The molecule has 1 aliphatic carbocycles. The average Bonchev–Trinajstić information content (AvgIpc) is 3.22. The number of sulfone groups is 1. The summed E-state index contributed by atoms with van der Waals surface area (Å²) in [6.45, 7) is 3.40. The van der Waals surface area contributed by atoms with Crippen molar-refractivity contribution < 1.29 is 40.6 Å². The number of fused-ring (bicyclic) bond motifs is 1. The normalized spacial score (nSPS) is 21.4. The number of carbonyl (C=O) groups is 1. The highest BCUT2D eigenvalue weighted by Crippen LogP contribution is 2.40. The van der Waals surface area contributed by atoms with Crippen LogP contribution in [0.1, 0.15) is 55.3 Å². The molecule has 0 unspecified atom stereocenters. The Morgan fingerprint density at radius 1 is 1.32 bits per heavy atom. The van der Waals surface area contributed by atoms with Crippen LogP contribution in [0.15, 0.2) is 12.3 Å². The molecule has 2 atom stereocenters. The van der Waals surface area contributed by atoms with Crippen molar-refractivity contribution in [2.75, 3.05) is 18.1 Å². The van der Waals surface area contributed by atoms with Crippen molar-refractivity contribution >= 4 is 38.3 Å². The third-order valence-electron chi connectivity index (χ3n) is 7.29. The van der Waals surface area contributed by atoms with Crippen LogP contribution in [0.2, 0.25) is 0 Å². The van der Waals surface area contributed by atoms with Crippen molar-refractivity contribution in [3.8, 4) is 17.1 Å². The lowest BCUT2D eigenvalue weighted by Crippen LogP contribution is -2.53. The van der Waals surface area contributed by atoms with E-state index < -0.39 is 55.4 Å². The van der Waals surface area contributed by atoms with Crippen LogP contribution in [0.4, 0.5) is 17.6 Å². The van der Waals surface area contributed by atoms with E-state index in [1.54, 1.807) is 13.8 Å². The summed E-state index contributed by atoms with van der Waals surface area (Å²) in [4.78, 5) is 16.9. The van der Waals surface area contributed by atoms with Crippen molar-refractivity contribution in [2.24, 2.45) is 5.92 Å². The summed E-state index contributed by atoms with van der Waals surface area (Å²) in [6, 6.07) is 1.07. The lowest BCUT2D eigenvalue weighted by Gasteiger charge is -2.36. The maximum atomic E-state index is 15.0. The van der Waals surface area contributed by atoms with Crippen molar-refractivity contribution in [3.63, 3.8) is 0 Å². The summed E-state index contributed by atoms with van der Waals surface area (Å²) in [5, 5.41) is 18.3. The molecule has 1 aliphatic heterocycles. The number of hydrogen-bond donors (Lipinski definition) is 2. The van der Waals surface area contributed by atoms with Crippen LogP contribution in [-0.2, 0) is 27.5 Å². The van der Waals surface area contributed by atoms with Gasteiger partial charge in [-0.25, -0.2) is 17.8 Å². The van der Waals surface area contributed by atoms with Crippen LogP contribution in [-0.4, -0.2) is 69.6 Å². The summed E-state index contributed by atoms with van der Waals surface area (Å²) in [7, 11) is -3.11. The molecule has 1 saturated heterocycles. The van der Waals surface area contributed by atoms with Crippen molar-refractivity contribution in [1.82, 2.24) is 20.1 Å². The zero-order valence-electron chi connectivity index (χ0n) is 22.2. The van der Waals surface area contributed by atoms with Gasteiger partial charge in [0, 0.05) is 40.8 Å². The lowest BCUT2D eigenvalue weighted by atomic mass is 9.84. The second kappa shape index (κ2) is 11.0. The van der Waals surface area contributed by atoms with Gasteiger partial charge in [-0.3, -0.25) is 9.48 Å². The first-order valence-corrected chi connectivity index (χ1v) is 15.8. The molecule has 0 spiro atoms. The molecule has 2 N–H and O–H groups in total. The SMILES string of the molecule is CC1(NC(=O)[C@@H]2CCc3c(-c4cc(OCC(F)(F)F)ncc4F)nn([C@@H](I)C(C)(C)O)c3C2)CCS(=O)(=O)CC1. The molecule has 0 bridgehead atoms.